The van der Waals surface area contributed by atoms with E-state index in [2.05, 4.69) is 21.6 Å². The van der Waals surface area contributed by atoms with Crippen LogP contribution in [0.25, 0.3) is 0 Å². The Labute approximate surface area is 114 Å². The van der Waals surface area contributed by atoms with Crippen LogP contribution in [0.15, 0.2) is 0 Å². The molecule has 0 aliphatic heterocycles. The van der Waals surface area contributed by atoms with Gasteiger partial charge in [-0.15, -0.1) is 0 Å². The van der Waals surface area contributed by atoms with Crippen molar-refractivity contribution < 1.29 is 0 Å². The van der Waals surface area contributed by atoms with Gasteiger partial charge in [0.25, 0.3) is 0 Å². The molecule has 0 bridgehead atoms. The van der Waals surface area contributed by atoms with Gasteiger partial charge in [-0.2, -0.15) is 4.37 Å². The molecule has 4 heteroatoms. The van der Waals surface area contributed by atoms with Crippen LogP contribution in [0.3, 0.4) is 0 Å². The van der Waals surface area contributed by atoms with Gasteiger partial charge in [0, 0.05) is 24.0 Å². The Balaban J connectivity index is 1.43. The maximum Gasteiger partial charge on any atom is 0.202 e. The predicted octanol–water partition coefficient (Wildman–Crippen LogP) is 4.04. The standard InChI is InChI=1S/C14H23N3S/c1-2-10-3-5-11(6-4-10)9-15-14-16-13(17-18-14)12-7-8-12/h10-12H,2-9H2,1H3,(H,15,16,17). The molecule has 2 aliphatic rings. The Morgan fingerprint density at radius 1 is 1.11 bits per heavy atom. The van der Waals surface area contributed by atoms with Crippen molar-refractivity contribution in [3.8, 4) is 0 Å². The van der Waals surface area contributed by atoms with Gasteiger partial charge in [0.05, 0.1) is 0 Å². The normalized spacial score (nSPS) is 28.3. The highest BCUT2D eigenvalue weighted by molar-refractivity contribution is 7.09. The van der Waals surface area contributed by atoms with Gasteiger partial charge in [0.2, 0.25) is 5.13 Å². The lowest BCUT2D eigenvalue weighted by Gasteiger charge is -2.27. The molecule has 0 aromatic carbocycles. The van der Waals surface area contributed by atoms with Crippen LogP contribution < -0.4 is 5.32 Å². The maximum atomic E-state index is 4.58. The second-order valence-electron chi connectivity index (χ2n) is 5.91. The quantitative estimate of drug-likeness (QED) is 0.873. The summed E-state index contributed by atoms with van der Waals surface area (Å²) >= 11 is 1.54. The Kier molecular flexibility index (Phi) is 3.83. The Bertz CT molecular complexity index is 378. The van der Waals surface area contributed by atoms with Crippen LogP contribution in [0, 0.1) is 11.8 Å². The van der Waals surface area contributed by atoms with Crippen LogP contribution in [0.1, 0.15) is 63.6 Å². The lowest BCUT2D eigenvalue weighted by atomic mass is 9.81. The van der Waals surface area contributed by atoms with Gasteiger partial charge in [-0.25, -0.2) is 4.98 Å². The third-order valence-corrected chi connectivity index (χ3v) is 5.16. The molecule has 1 aromatic heterocycles. The van der Waals surface area contributed by atoms with E-state index in [4.69, 9.17) is 0 Å². The molecule has 1 N–H and O–H groups in total. The Morgan fingerprint density at radius 3 is 2.50 bits per heavy atom. The van der Waals surface area contributed by atoms with E-state index in [0.717, 1.165) is 29.3 Å². The highest BCUT2D eigenvalue weighted by Crippen LogP contribution is 2.39. The molecule has 0 spiro atoms. The summed E-state index contributed by atoms with van der Waals surface area (Å²) < 4.78 is 4.44. The molecule has 0 atom stereocenters. The van der Waals surface area contributed by atoms with Crippen LogP contribution in [-0.4, -0.2) is 15.9 Å². The van der Waals surface area contributed by atoms with E-state index in [-0.39, 0.29) is 0 Å². The van der Waals surface area contributed by atoms with E-state index in [1.54, 1.807) is 0 Å². The summed E-state index contributed by atoms with van der Waals surface area (Å²) in [6.45, 7) is 3.42. The van der Waals surface area contributed by atoms with Gasteiger partial charge in [-0.1, -0.05) is 26.2 Å². The SMILES string of the molecule is CCC1CCC(CNc2nc(C3CC3)ns2)CC1. The third kappa shape index (κ3) is 3.02. The fourth-order valence-corrected chi connectivity index (χ4v) is 3.54. The van der Waals surface area contributed by atoms with E-state index in [1.807, 2.05) is 0 Å². The Morgan fingerprint density at radius 2 is 1.83 bits per heavy atom. The number of nitrogens with one attached hydrogen (secondary N) is 1. The zero-order valence-corrected chi connectivity index (χ0v) is 12.0. The van der Waals surface area contributed by atoms with Crippen LogP contribution in [0.2, 0.25) is 0 Å². The number of hydrogen-bond acceptors (Lipinski definition) is 4. The third-order valence-electron chi connectivity index (χ3n) is 4.47. The molecule has 1 aromatic rings. The second-order valence-corrected chi connectivity index (χ2v) is 6.66. The number of anilines is 1. The van der Waals surface area contributed by atoms with Crippen molar-refractivity contribution in [3.05, 3.63) is 5.82 Å². The predicted molar refractivity (Wildman–Crippen MR) is 76.1 cm³/mol. The molecular formula is C14H23N3S. The first-order valence-corrected chi connectivity index (χ1v) is 8.20. The minimum Gasteiger partial charge on any atom is -0.360 e. The van der Waals surface area contributed by atoms with Crippen molar-refractivity contribution in [3.63, 3.8) is 0 Å². The van der Waals surface area contributed by atoms with Gasteiger partial charge in [0.1, 0.15) is 5.82 Å². The summed E-state index contributed by atoms with van der Waals surface area (Å²) in [4.78, 5) is 4.58. The smallest absolute Gasteiger partial charge is 0.202 e. The molecule has 0 saturated heterocycles. The minimum absolute atomic E-state index is 0.678. The molecule has 0 unspecified atom stereocenters. The van der Waals surface area contributed by atoms with Crippen molar-refractivity contribution >= 4 is 16.7 Å². The molecule has 3 nitrogen and oxygen atoms in total. The largest absolute Gasteiger partial charge is 0.360 e. The fraction of sp³-hybridized carbons (Fsp3) is 0.857. The van der Waals surface area contributed by atoms with E-state index >= 15 is 0 Å². The molecular weight excluding hydrogens is 242 g/mol. The number of hydrogen-bond donors (Lipinski definition) is 1. The van der Waals surface area contributed by atoms with Crippen molar-refractivity contribution in [2.24, 2.45) is 11.8 Å². The lowest BCUT2D eigenvalue weighted by Crippen LogP contribution is -2.20. The molecule has 0 radical (unpaired) electrons. The van der Waals surface area contributed by atoms with E-state index in [0.29, 0.717) is 5.92 Å². The van der Waals surface area contributed by atoms with Gasteiger partial charge < -0.3 is 5.32 Å². The first-order valence-electron chi connectivity index (χ1n) is 7.42. The van der Waals surface area contributed by atoms with Crippen molar-refractivity contribution in [1.29, 1.82) is 0 Å². The lowest BCUT2D eigenvalue weighted by molar-refractivity contribution is 0.278. The van der Waals surface area contributed by atoms with Crippen molar-refractivity contribution in [2.45, 2.75) is 57.8 Å². The van der Waals surface area contributed by atoms with Crippen LogP contribution in [-0.2, 0) is 0 Å². The minimum atomic E-state index is 0.678. The van der Waals surface area contributed by atoms with E-state index in [1.165, 1.54) is 56.5 Å². The van der Waals surface area contributed by atoms with Gasteiger partial charge >= 0.3 is 0 Å². The summed E-state index contributed by atoms with van der Waals surface area (Å²) in [6.07, 6.45) is 9.56. The molecule has 2 fully saturated rings. The van der Waals surface area contributed by atoms with Crippen molar-refractivity contribution in [2.75, 3.05) is 11.9 Å². The highest BCUT2D eigenvalue weighted by Gasteiger charge is 2.28. The van der Waals surface area contributed by atoms with Gasteiger partial charge in [0.15, 0.2) is 0 Å². The van der Waals surface area contributed by atoms with Crippen molar-refractivity contribution in [1.82, 2.24) is 9.36 Å². The zero-order valence-electron chi connectivity index (χ0n) is 11.2. The molecule has 2 saturated carbocycles. The Hall–Kier alpha value is -0.640. The molecule has 100 valence electrons. The second kappa shape index (κ2) is 5.55. The molecule has 18 heavy (non-hydrogen) atoms. The summed E-state index contributed by atoms with van der Waals surface area (Å²) in [7, 11) is 0. The maximum absolute atomic E-state index is 4.58. The summed E-state index contributed by atoms with van der Waals surface area (Å²) in [6, 6.07) is 0. The molecule has 2 aliphatic carbocycles. The summed E-state index contributed by atoms with van der Waals surface area (Å²) in [5.41, 5.74) is 0. The van der Waals surface area contributed by atoms with Crippen LogP contribution in [0.5, 0.6) is 0 Å². The number of nitrogens with zero attached hydrogens (tertiary/aromatic N) is 2. The highest BCUT2D eigenvalue weighted by atomic mass is 32.1. The van der Waals surface area contributed by atoms with Gasteiger partial charge in [-0.3, -0.25) is 0 Å². The number of aromatic nitrogens is 2. The first-order chi connectivity index (χ1) is 8.85. The van der Waals surface area contributed by atoms with E-state index < -0.39 is 0 Å². The molecule has 0 amide bonds. The van der Waals surface area contributed by atoms with Crippen LogP contribution in [0.4, 0.5) is 5.13 Å². The van der Waals surface area contributed by atoms with E-state index in [9.17, 15) is 0 Å². The fourth-order valence-electron chi connectivity index (χ4n) is 2.89. The summed E-state index contributed by atoms with van der Waals surface area (Å²) in [5.74, 6) is 3.60. The molecule has 3 rings (SSSR count). The monoisotopic (exact) mass is 265 g/mol. The van der Waals surface area contributed by atoms with Gasteiger partial charge in [-0.05, 0) is 37.5 Å². The molecule has 1 heterocycles. The summed E-state index contributed by atoms with van der Waals surface area (Å²) in [5, 5.41) is 4.53. The average Bonchev–Trinajstić information content (AvgIpc) is 3.16. The topological polar surface area (TPSA) is 37.8 Å². The zero-order chi connectivity index (χ0) is 12.4. The average molecular weight is 265 g/mol. The van der Waals surface area contributed by atoms with Crippen LogP contribution >= 0.6 is 11.5 Å². The number of rotatable bonds is 5. The first kappa shape index (κ1) is 12.4.